The molecule has 2 aromatic rings. The molecule has 1 aromatic carbocycles. The van der Waals surface area contributed by atoms with Crippen LogP contribution in [0.25, 0.3) is 10.9 Å². The highest BCUT2D eigenvalue weighted by atomic mass is 19.1. The van der Waals surface area contributed by atoms with Crippen LogP contribution >= 0.6 is 0 Å². The summed E-state index contributed by atoms with van der Waals surface area (Å²) in [4.78, 5) is 16.2. The summed E-state index contributed by atoms with van der Waals surface area (Å²) in [5, 5.41) is 3.77. The number of nitrogens with zero attached hydrogens (tertiary/aromatic N) is 1. The van der Waals surface area contributed by atoms with Gasteiger partial charge in [-0.15, -0.1) is 0 Å². The minimum atomic E-state index is -0.746. The number of unbranched alkanes of at least 4 members (excludes halogenated alkanes) is 5. The number of ether oxygens (including phenoxy) is 1. The summed E-state index contributed by atoms with van der Waals surface area (Å²) < 4.78 is 19.5. The van der Waals surface area contributed by atoms with Crippen LogP contribution in [0.3, 0.4) is 0 Å². The summed E-state index contributed by atoms with van der Waals surface area (Å²) in [6, 6.07) is 11.9. The maximum absolute atomic E-state index is 13.7. The van der Waals surface area contributed by atoms with E-state index in [9.17, 15) is 9.18 Å². The standard InChI is InChI=1S/C26H35FN2O2/c1-20(2)21(3)28-26(30)23(27)15-10-8-6-4-5-7-9-13-19-31-25-18-17-22-14-11-12-16-24(22)29-25/h8,10-12,14-18,20-21H,4-7,9,13,19H2,1-3H3,(H,28,30)/b10-8+,23-15+. The van der Waals surface area contributed by atoms with Crippen molar-refractivity contribution in [1.29, 1.82) is 0 Å². The number of nitrogens with one attached hydrogen (secondary N) is 1. The Morgan fingerprint density at radius 2 is 1.81 bits per heavy atom. The summed E-state index contributed by atoms with van der Waals surface area (Å²) >= 11 is 0. The van der Waals surface area contributed by atoms with E-state index in [-0.39, 0.29) is 12.0 Å². The Morgan fingerprint density at radius 3 is 2.61 bits per heavy atom. The zero-order valence-electron chi connectivity index (χ0n) is 18.9. The van der Waals surface area contributed by atoms with Crippen molar-refractivity contribution in [1.82, 2.24) is 10.3 Å². The van der Waals surface area contributed by atoms with Gasteiger partial charge in [0.2, 0.25) is 5.88 Å². The Morgan fingerprint density at radius 1 is 1.06 bits per heavy atom. The van der Waals surface area contributed by atoms with Crippen LogP contribution in [0.2, 0.25) is 0 Å². The molecule has 4 nitrogen and oxygen atoms in total. The largest absolute Gasteiger partial charge is 0.478 e. The molecule has 1 heterocycles. The van der Waals surface area contributed by atoms with E-state index < -0.39 is 11.7 Å². The lowest BCUT2D eigenvalue weighted by Crippen LogP contribution is -2.36. The molecule has 31 heavy (non-hydrogen) atoms. The van der Waals surface area contributed by atoms with E-state index in [0.29, 0.717) is 12.5 Å². The number of halogens is 1. The highest BCUT2D eigenvalue weighted by Gasteiger charge is 2.13. The second-order valence-electron chi connectivity index (χ2n) is 8.20. The lowest BCUT2D eigenvalue weighted by Gasteiger charge is -2.16. The molecule has 0 aliphatic heterocycles. The fourth-order valence-electron chi connectivity index (χ4n) is 2.97. The van der Waals surface area contributed by atoms with Gasteiger partial charge in [-0.1, -0.05) is 63.5 Å². The van der Waals surface area contributed by atoms with E-state index in [1.54, 1.807) is 6.08 Å². The van der Waals surface area contributed by atoms with Crippen molar-refractivity contribution in [2.75, 3.05) is 6.61 Å². The number of carbonyl (C=O) groups is 1. The number of hydrogen-bond acceptors (Lipinski definition) is 3. The zero-order valence-corrected chi connectivity index (χ0v) is 18.9. The second kappa shape index (κ2) is 13.6. The molecule has 2 rings (SSSR count). The SMILES string of the molecule is CC(C)C(C)NC(=O)/C(F)=C\C=C\CCCCCCCOc1ccc2ccccc2n1. The van der Waals surface area contributed by atoms with Crippen molar-refractivity contribution in [2.45, 2.75) is 65.3 Å². The van der Waals surface area contributed by atoms with E-state index in [1.807, 2.05) is 63.2 Å². The van der Waals surface area contributed by atoms with Gasteiger partial charge in [-0.05, 0) is 50.3 Å². The molecule has 1 atom stereocenters. The van der Waals surface area contributed by atoms with Gasteiger partial charge in [0.1, 0.15) is 0 Å². The molecule has 0 saturated heterocycles. The molecule has 0 aliphatic carbocycles. The van der Waals surface area contributed by atoms with Crippen LogP contribution in [0.5, 0.6) is 5.88 Å². The number of allylic oxidation sites excluding steroid dienone is 3. The van der Waals surface area contributed by atoms with Crippen LogP contribution in [-0.4, -0.2) is 23.5 Å². The topological polar surface area (TPSA) is 51.2 Å². The van der Waals surface area contributed by atoms with Crippen molar-refractivity contribution in [3.05, 3.63) is 60.5 Å². The highest BCUT2D eigenvalue weighted by molar-refractivity contribution is 5.91. The van der Waals surface area contributed by atoms with Gasteiger partial charge in [-0.25, -0.2) is 9.37 Å². The first-order valence-corrected chi connectivity index (χ1v) is 11.3. The number of aromatic nitrogens is 1. The molecule has 0 saturated carbocycles. The van der Waals surface area contributed by atoms with Crippen LogP contribution in [-0.2, 0) is 4.79 Å². The predicted octanol–water partition coefficient (Wildman–Crippen LogP) is 6.52. The Balaban J connectivity index is 1.51. The molecular weight excluding hydrogens is 391 g/mol. The van der Waals surface area contributed by atoms with Gasteiger partial charge in [0, 0.05) is 17.5 Å². The minimum absolute atomic E-state index is 0.0510. The molecule has 0 radical (unpaired) electrons. The maximum atomic E-state index is 13.7. The fourth-order valence-corrected chi connectivity index (χ4v) is 2.97. The van der Waals surface area contributed by atoms with Crippen LogP contribution in [0.1, 0.15) is 59.3 Å². The summed E-state index contributed by atoms with van der Waals surface area (Å²) in [5.41, 5.74) is 0.952. The van der Waals surface area contributed by atoms with Gasteiger partial charge in [-0.2, -0.15) is 0 Å². The van der Waals surface area contributed by atoms with E-state index >= 15 is 0 Å². The summed E-state index contributed by atoms with van der Waals surface area (Å²) in [7, 11) is 0. The number of benzene rings is 1. The first-order valence-electron chi connectivity index (χ1n) is 11.3. The number of carbonyl (C=O) groups excluding carboxylic acids is 1. The average molecular weight is 427 g/mol. The van der Waals surface area contributed by atoms with Crippen molar-refractivity contribution >= 4 is 16.8 Å². The lowest BCUT2D eigenvalue weighted by molar-refractivity contribution is -0.119. The average Bonchev–Trinajstić information content (AvgIpc) is 2.76. The Labute approximate surface area is 185 Å². The number of amides is 1. The molecular formula is C26H35FN2O2. The number of fused-ring (bicyclic) bond motifs is 1. The highest BCUT2D eigenvalue weighted by Crippen LogP contribution is 2.16. The smallest absolute Gasteiger partial charge is 0.280 e. The first-order chi connectivity index (χ1) is 15.0. The summed E-state index contributed by atoms with van der Waals surface area (Å²) in [6.45, 7) is 6.52. The van der Waals surface area contributed by atoms with Gasteiger partial charge in [0.15, 0.2) is 5.83 Å². The molecule has 1 unspecified atom stereocenters. The van der Waals surface area contributed by atoms with Crippen molar-refractivity contribution < 1.29 is 13.9 Å². The molecule has 1 aromatic heterocycles. The van der Waals surface area contributed by atoms with Crippen LogP contribution in [0, 0.1) is 5.92 Å². The predicted molar refractivity (Wildman–Crippen MR) is 126 cm³/mol. The third-order valence-corrected chi connectivity index (χ3v) is 5.29. The monoisotopic (exact) mass is 426 g/mol. The van der Waals surface area contributed by atoms with Crippen molar-refractivity contribution in [3.63, 3.8) is 0 Å². The van der Waals surface area contributed by atoms with E-state index in [4.69, 9.17) is 4.74 Å². The van der Waals surface area contributed by atoms with E-state index in [2.05, 4.69) is 10.3 Å². The quantitative estimate of drug-likeness (QED) is 0.225. The van der Waals surface area contributed by atoms with Crippen molar-refractivity contribution in [2.24, 2.45) is 5.92 Å². The molecule has 0 aliphatic rings. The molecule has 0 spiro atoms. The third-order valence-electron chi connectivity index (χ3n) is 5.29. The maximum Gasteiger partial charge on any atom is 0.280 e. The van der Waals surface area contributed by atoms with E-state index in [1.165, 1.54) is 6.08 Å². The minimum Gasteiger partial charge on any atom is -0.478 e. The molecule has 168 valence electrons. The van der Waals surface area contributed by atoms with Crippen LogP contribution in [0.15, 0.2) is 60.5 Å². The fraction of sp³-hybridized carbons (Fsp3) is 0.462. The molecule has 1 N–H and O–H groups in total. The third kappa shape index (κ3) is 9.33. The molecule has 0 fully saturated rings. The second-order valence-corrected chi connectivity index (χ2v) is 8.20. The van der Waals surface area contributed by atoms with Crippen molar-refractivity contribution in [3.8, 4) is 5.88 Å². The van der Waals surface area contributed by atoms with Gasteiger partial charge in [-0.3, -0.25) is 4.79 Å². The number of rotatable bonds is 13. The Hall–Kier alpha value is -2.69. The van der Waals surface area contributed by atoms with Gasteiger partial charge in [0.25, 0.3) is 5.91 Å². The zero-order chi connectivity index (χ0) is 22.5. The van der Waals surface area contributed by atoms with Gasteiger partial charge >= 0.3 is 0 Å². The summed E-state index contributed by atoms with van der Waals surface area (Å²) in [6.07, 6.45) is 11.1. The van der Waals surface area contributed by atoms with Gasteiger partial charge in [0.05, 0.1) is 12.1 Å². The number of hydrogen-bond donors (Lipinski definition) is 1. The first kappa shape index (κ1) is 24.6. The normalized spacial score (nSPS) is 13.1. The Bertz CT molecular complexity index is 877. The van der Waals surface area contributed by atoms with Crippen LogP contribution < -0.4 is 10.1 Å². The number of pyridine rings is 1. The lowest BCUT2D eigenvalue weighted by atomic mass is 10.1. The van der Waals surface area contributed by atoms with Gasteiger partial charge < -0.3 is 10.1 Å². The van der Waals surface area contributed by atoms with Crippen LogP contribution in [0.4, 0.5) is 4.39 Å². The van der Waals surface area contributed by atoms with E-state index in [0.717, 1.165) is 49.4 Å². The number of para-hydroxylation sites is 1. The Kier molecular flexibility index (Phi) is 10.8. The summed E-state index contributed by atoms with van der Waals surface area (Å²) in [5.74, 6) is -0.442. The molecule has 0 bridgehead atoms. The molecule has 5 heteroatoms. The molecule has 1 amide bonds.